The minimum absolute atomic E-state index is 0.242. The molecule has 0 aromatic heterocycles. The predicted octanol–water partition coefficient (Wildman–Crippen LogP) is 4.70. The Balaban J connectivity index is 2.17. The van der Waals surface area contributed by atoms with Gasteiger partial charge in [-0.1, -0.05) is 26.8 Å². The van der Waals surface area contributed by atoms with Gasteiger partial charge in [-0.2, -0.15) is 0 Å². The van der Waals surface area contributed by atoms with Gasteiger partial charge in [0, 0.05) is 6.04 Å². The van der Waals surface area contributed by atoms with Crippen molar-refractivity contribution in [1.82, 2.24) is 5.32 Å². The van der Waals surface area contributed by atoms with Gasteiger partial charge in [-0.05, 0) is 61.3 Å². The summed E-state index contributed by atoms with van der Waals surface area (Å²) in [5, 5.41) is 3.55. The monoisotopic (exact) mass is 293 g/mol. The number of methoxy groups -OCH3 is 1. The van der Waals surface area contributed by atoms with E-state index in [1.54, 1.807) is 12.1 Å². The van der Waals surface area contributed by atoms with Crippen LogP contribution in [-0.4, -0.2) is 13.7 Å². The number of hydrogen-bond acceptors (Lipinski definition) is 2. The van der Waals surface area contributed by atoms with Gasteiger partial charge in [0.1, 0.15) is 0 Å². The summed E-state index contributed by atoms with van der Waals surface area (Å²) in [6, 6.07) is 5.61. The molecule has 0 radical (unpaired) electrons. The number of halogens is 1. The van der Waals surface area contributed by atoms with Crippen molar-refractivity contribution in [1.29, 1.82) is 0 Å². The van der Waals surface area contributed by atoms with E-state index in [1.165, 1.54) is 32.8 Å². The second-order valence-corrected chi connectivity index (χ2v) is 6.93. The molecule has 2 rings (SSSR count). The standard InChI is InChI=1S/C18H28FNO/c1-5-20-17(13-8-10-18(2,3)11-9-13)14-6-7-16(21-4)15(19)12-14/h6-7,12-13,17,20H,5,8-11H2,1-4H3. The van der Waals surface area contributed by atoms with Crippen molar-refractivity contribution in [2.24, 2.45) is 11.3 Å². The van der Waals surface area contributed by atoms with Crippen LogP contribution in [0.3, 0.4) is 0 Å². The van der Waals surface area contributed by atoms with Crippen LogP contribution in [-0.2, 0) is 0 Å². The average Bonchev–Trinajstić information content (AvgIpc) is 2.45. The third-order valence-corrected chi connectivity index (χ3v) is 4.81. The van der Waals surface area contributed by atoms with Crippen molar-refractivity contribution in [3.63, 3.8) is 0 Å². The van der Waals surface area contributed by atoms with Crippen LogP contribution in [0.15, 0.2) is 18.2 Å². The van der Waals surface area contributed by atoms with Crippen LogP contribution in [0.25, 0.3) is 0 Å². The molecule has 0 aliphatic heterocycles. The van der Waals surface area contributed by atoms with E-state index in [1.807, 2.05) is 6.07 Å². The Kier molecular flexibility index (Phi) is 5.26. The molecule has 1 aliphatic carbocycles. The Bertz CT molecular complexity index is 462. The normalized spacial score (nSPS) is 20.2. The first-order valence-electron chi connectivity index (χ1n) is 8.03. The van der Waals surface area contributed by atoms with Crippen molar-refractivity contribution in [3.05, 3.63) is 29.6 Å². The van der Waals surface area contributed by atoms with Crippen molar-refractivity contribution >= 4 is 0 Å². The lowest BCUT2D eigenvalue weighted by Gasteiger charge is -2.38. The van der Waals surface area contributed by atoms with Crippen molar-refractivity contribution in [2.75, 3.05) is 13.7 Å². The molecule has 1 aromatic carbocycles. The maximum Gasteiger partial charge on any atom is 0.165 e. The molecule has 1 aromatic rings. The average molecular weight is 293 g/mol. The molecular formula is C18H28FNO. The zero-order valence-electron chi connectivity index (χ0n) is 13.7. The first-order valence-corrected chi connectivity index (χ1v) is 8.03. The van der Waals surface area contributed by atoms with Gasteiger partial charge in [-0.15, -0.1) is 0 Å². The third kappa shape index (κ3) is 3.97. The largest absolute Gasteiger partial charge is 0.494 e. The van der Waals surface area contributed by atoms with Gasteiger partial charge in [0.05, 0.1) is 7.11 Å². The maximum absolute atomic E-state index is 14.0. The van der Waals surface area contributed by atoms with Gasteiger partial charge in [0.2, 0.25) is 0 Å². The molecule has 0 amide bonds. The maximum atomic E-state index is 14.0. The van der Waals surface area contributed by atoms with Crippen LogP contribution in [0.4, 0.5) is 4.39 Å². The molecule has 0 saturated heterocycles. The lowest BCUT2D eigenvalue weighted by atomic mass is 9.70. The second kappa shape index (κ2) is 6.78. The first kappa shape index (κ1) is 16.3. The fourth-order valence-electron chi connectivity index (χ4n) is 3.41. The lowest BCUT2D eigenvalue weighted by Crippen LogP contribution is -2.32. The van der Waals surface area contributed by atoms with Crippen LogP contribution in [0.1, 0.15) is 58.1 Å². The van der Waals surface area contributed by atoms with Gasteiger partial charge >= 0.3 is 0 Å². The molecule has 1 saturated carbocycles. The topological polar surface area (TPSA) is 21.3 Å². The Morgan fingerprint density at radius 2 is 2.00 bits per heavy atom. The summed E-state index contributed by atoms with van der Waals surface area (Å²) < 4.78 is 19.0. The minimum Gasteiger partial charge on any atom is -0.494 e. The fraction of sp³-hybridized carbons (Fsp3) is 0.667. The van der Waals surface area contributed by atoms with E-state index in [2.05, 4.69) is 26.1 Å². The molecule has 0 spiro atoms. The highest BCUT2D eigenvalue weighted by Gasteiger charge is 2.32. The molecule has 1 atom stereocenters. The number of rotatable bonds is 5. The molecule has 1 aliphatic rings. The molecule has 21 heavy (non-hydrogen) atoms. The van der Waals surface area contributed by atoms with Crippen LogP contribution in [0.5, 0.6) is 5.75 Å². The highest BCUT2D eigenvalue weighted by atomic mass is 19.1. The predicted molar refractivity (Wildman–Crippen MR) is 85.1 cm³/mol. The van der Waals surface area contributed by atoms with E-state index in [9.17, 15) is 4.39 Å². The summed E-state index contributed by atoms with van der Waals surface area (Å²) in [7, 11) is 1.50. The quantitative estimate of drug-likeness (QED) is 0.849. The molecule has 3 heteroatoms. The van der Waals surface area contributed by atoms with E-state index < -0.39 is 0 Å². The van der Waals surface area contributed by atoms with E-state index in [0.717, 1.165) is 12.1 Å². The zero-order chi connectivity index (χ0) is 15.5. The van der Waals surface area contributed by atoms with Gasteiger partial charge < -0.3 is 10.1 Å². The molecule has 1 unspecified atom stereocenters. The number of hydrogen-bond donors (Lipinski definition) is 1. The third-order valence-electron chi connectivity index (χ3n) is 4.81. The molecule has 118 valence electrons. The second-order valence-electron chi connectivity index (χ2n) is 6.93. The Hall–Kier alpha value is -1.09. The van der Waals surface area contributed by atoms with E-state index in [0.29, 0.717) is 17.1 Å². The number of nitrogens with one attached hydrogen (secondary N) is 1. The van der Waals surface area contributed by atoms with Crippen LogP contribution < -0.4 is 10.1 Å². The van der Waals surface area contributed by atoms with Crippen molar-refractivity contribution in [2.45, 2.75) is 52.5 Å². The first-order chi connectivity index (χ1) is 9.96. The molecule has 0 heterocycles. The summed E-state index contributed by atoms with van der Waals surface area (Å²) in [4.78, 5) is 0. The summed E-state index contributed by atoms with van der Waals surface area (Å²) in [5.74, 6) is 0.638. The van der Waals surface area contributed by atoms with E-state index in [4.69, 9.17) is 4.74 Å². The molecule has 1 fully saturated rings. The van der Waals surface area contributed by atoms with Crippen molar-refractivity contribution in [3.8, 4) is 5.75 Å². The Morgan fingerprint density at radius 3 is 2.52 bits per heavy atom. The van der Waals surface area contributed by atoms with Gasteiger partial charge in [-0.25, -0.2) is 4.39 Å². The molecular weight excluding hydrogens is 265 g/mol. The zero-order valence-corrected chi connectivity index (χ0v) is 13.7. The van der Waals surface area contributed by atoms with Gasteiger partial charge in [0.15, 0.2) is 11.6 Å². The molecule has 0 bridgehead atoms. The van der Waals surface area contributed by atoms with E-state index >= 15 is 0 Å². The summed E-state index contributed by atoms with van der Waals surface area (Å²) in [6.07, 6.45) is 4.91. The summed E-state index contributed by atoms with van der Waals surface area (Å²) in [5.41, 5.74) is 1.50. The smallest absolute Gasteiger partial charge is 0.165 e. The Labute approximate surface area is 128 Å². The van der Waals surface area contributed by atoms with Gasteiger partial charge in [-0.3, -0.25) is 0 Å². The number of benzene rings is 1. The fourth-order valence-corrected chi connectivity index (χ4v) is 3.41. The highest BCUT2D eigenvalue weighted by molar-refractivity contribution is 5.31. The lowest BCUT2D eigenvalue weighted by molar-refractivity contribution is 0.162. The SMILES string of the molecule is CCNC(c1ccc(OC)c(F)c1)C1CCC(C)(C)CC1. The van der Waals surface area contributed by atoms with Crippen LogP contribution >= 0.6 is 0 Å². The molecule has 2 nitrogen and oxygen atoms in total. The highest BCUT2D eigenvalue weighted by Crippen LogP contribution is 2.43. The minimum atomic E-state index is -0.269. The van der Waals surface area contributed by atoms with Crippen molar-refractivity contribution < 1.29 is 9.13 Å². The summed E-state index contributed by atoms with van der Waals surface area (Å²) in [6.45, 7) is 7.70. The van der Waals surface area contributed by atoms with Crippen LogP contribution in [0, 0.1) is 17.2 Å². The van der Waals surface area contributed by atoms with Gasteiger partial charge in [0.25, 0.3) is 0 Å². The van der Waals surface area contributed by atoms with Crippen LogP contribution in [0.2, 0.25) is 0 Å². The number of ether oxygens (including phenoxy) is 1. The Morgan fingerprint density at radius 1 is 1.33 bits per heavy atom. The summed E-state index contributed by atoms with van der Waals surface area (Å²) >= 11 is 0. The molecule has 1 N–H and O–H groups in total. The van der Waals surface area contributed by atoms with E-state index in [-0.39, 0.29) is 11.9 Å².